The monoisotopic (exact) mass is 205 g/mol. The van der Waals surface area contributed by atoms with Gasteiger partial charge in [0.05, 0.1) is 0 Å². The van der Waals surface area contributed by atoms with Gasteiger partial charge in [0, 0.05) is 6.04 Å². The maximum absolute atomic E-state index is 9.72. The Morgan fingerprint density at radius 2 is 2.27 bits per heavy atom. The van der Waals surface area contributed by atoms with Crippen LogP contribution >= 0.6 is 0 Å². The fourth-order valence-electron chi connectivity index (χ4n) is 2.40. The van der Waals surface area contributed by atoms with E-state index in [1.54, 1.807) is 6.07 Å². The highest BCUT2D eigenvalue weighted by Crippen LogP contribution is 2.30. The van der Waals surface area contributed by atoms with Crippen molar-refractivity contribution in [3.8, 4) is 5.75 Å². The lowest BCUT2D eigenvalue weighted by Crippen LogP contribution is -2.36. The van der Waals surface area contributed by atoms with Gasteiger partial charge in [-0.05, 0) is 50.0 Å². The minimum atomic E-state index is 0.477. The van der Waals surface area contributed by atoms with Crippen LogP contribution in [0.5, 0.6) is 5.75 Å². The number of benzene rings is 1. The van der Waals surface area contributed by atoms with Gasteiger partial charge in [-0.1, -0.05) is 19.1 Å². The Balaban J connectivity index is 2.20. The molecular formula is C13H19NO. The summed E-state index contributed by atoms with van der Waals surface area (Å²) < 4.78 is 0. The Kier molecular flexibility index (Phi) is 2.96. The number of likely N-dealkylation sites (N-methyl/N-ethyl adjacent to an activating group) is 1. The van der Waals surface area contributed by atoms with Crippen molar-refractivity contribution in [2.24, 2.45) is 0 Å². The largest absolute Gasteiger partial charge is 0.508 e. The van der Waals surface area contributed by atoms with Gasteiger partial charge in [0.25, 0.3) is 0 Å². The van der Waals surface area contributed by atoms with Crippen molar-refractivity contribution in [1.29, 1.82) is 0 Å². The van der Waals surface area contributed by atoms with Crippen molar-refractivity contribution in [3.05, 3.63) is 29.3 Å². The third kappa shape index (κ3) is 2.00. The Morgan fingerprint density at radius 3 is 3.00 bits per heavy atom. The van der Waals surface area contributed by atoms with E-state index in [0.29, 0.717) is 11.8 Å². The summed E-state index contributed by atoms with van der Waals surface area (Å²) in [6.45, 7) is 3.29. The highest BCUT2D eigenvalue weighted by atomic mass is 16.3. The molecule has 82 valence electrons. The molecule has 1 aliphatic carbocycles. The summed E-state index contributed by atoms with van der Waals surface area (Å²) in [5, 5.41) is 9.72. The van der Waals surface area contributed by atoms with Crippen LogP contribution in [-0.4, -0.2) is 29.6 Å². The lowest BCUT2D eigenvalue weighted by molar-refractivity contribution is 0.231. The van der Waals surface area contributed by atoms with Crippen LogP contribution in [0, 0.1) is 0 Å². The molecular weight excluding hydrogens is 186 g/mol. The van der Waals surface area contributed by atoms with E-state index >= 15 is 0 Å². The highest BCUT2D eigenvalue weighted by Gasteiger charge is 2.22. The fraction of sp³-hybridized carbons (Fsp3) is 0.538. The first-order valence-corrected chi connectivity index (χ1v) is 5.72. The molecule has 0 amide bonds. The maximum atomic E-state index is 9.72. The van der Waals surface area contributed by atoms with Gasteiger partial charge in [0.2, 0.25) is 0 Å². The molecule has 15 heavy (non-hydrogen) atoms. The van der Waals surface area contributed by atoms with E-state index in [4.69, 9.17) is 0 Å². The molecule has 2 rings (SSSR count). The van der Waals surface area contributed by atoms with E-state index < -0.39 is 0 Å². The van der Waals surface area contributed by atoms with Crippen LogP contribution in [0.4, 0.5) is 0 Å². The van der Waals surface area contributed by atoms with Crippen LogP contribution in [0.15, 0.2) is 18.2 Å². The average molecular weight is 205 g/mol. The molecule has 0 aromatic heterocycles. The second-order valence-electron chi connectivity index (χ2n) is 4.38. The first-order chi connectivity index (χ1) is 7.22. The molecule has 2 heteroatoms. The number of phenols is 1. The minimum Gasteiger partial charge on any atom is -0.508 e. The van der Waals surface area contributed by atoms with Gasteiger partial charge in [-0.15, -0.1) is 0 Å². The summed E-state index contributed by atoms with van der Waals surface area (Å²) in [5.41, 5.74) is 2.49. The summed E-state index contributed by atoms with van der Waals surface area (Å²) in [5.74, 6) is 0.477. The SMILES string of the molecule is CCN(C)[C@@H]1CCc2c(O)cccc2C1. The second-order valence-corrected chi connectivity index (χ2v) is 4.38. The van der Waals surface area contributed by atoms with Crippen LogP contribution in [0.2, 0.25) is 0 Å². The number of rotatable bonds is 2. The number of hydrogen-bond donors (Lipinski definition) is 1. The highest BCUT2D eigenvalue weighted by molar-refractivity contribution is 5.41. The summed E-state index contributed by atoms with van der Waals surface area (Å²) in [4.78, 5) is 2.40. The van der Waals surface area contributed by atoms with Crippen LogP contribution in [0.3, 0.4) is 0 Å². The molecule has 0 heterocycles. The van der Waals surface area contributed by atoms with Gasteiger partial charge >= 0.3 is 0 Å². The standard InChI is InChI=1S/C13H19NO/c1-3-14(2)11-7-8-12-10(9-11)5-4-6-13(12)15/h4-6,11,15H,3,7-9H2,1-2H3/t11-/m1/s1. The zero-order valence-electron chi connectivity index (χ0n) is 9.53. The third-order valence-electron chi connectivity index (χ3n) is 3.55. The van der Waals surface area contributed by atoms with E-state index in [1.165, 1.54) is 11.1 Å². The van der Waals surface area contributed by atoms with Gasteiger partial charge in [-0.3, -0.25) is 0 Å². The molecule has 1 N–H and O–H groups in total. The van der Waals surface area contributed by atoms with E-state index in [1.807, 2.05) is 6.07 Å². The van der Waals surface area contributed by atoms with Crippen molar-refractivity contribution in [2.75, 3.05) is 13.6 Å². The quantitative estimate of drug-likeness (QED) is 0.800. The molecule has 0 spiro atoms. The van der Waals surface area contributed by atoms with Crippen molar-refractivity contribution in [3.63, 3.8) is 0 Å². The summed E-state index contributed by atoms with van der Waals surface area (Å²) in [6.07, 6.45) is 3.25. The van der Waals surface area contributed by atoms with Gasteiger partial charge in [0.1, 0.15) is 5.75 Å². The molecule has 1 atom stereocenters. The number of fused-ring (bicyclic) bond motifs is 1. The van der Waals surface area contributed by atoms with Crippen LogP contribution in [0.25, 0.3) is 0 Å². The third-order valence-corrected chi connectivity index (χ3v) is 3.55. The summed E-state index contributed by atoms with van der Waals surface area (Å²) in [6, 6.07) is 6.53. The Hall–Kier alpha value is -1.02. The molecule has 0 aliphatic heterocycles. The van der Waals surface area contributed by atoms with E-state index in [9.17, 15) is 5.11 Å². The Bertz CT molecular complexity index is 348. The molecule has 0 radical (unpaired) electrons. The van der Waals surface area contributed by atoms with E-state index in [0.717, 1.165) is 25.8 Å². The number of phenolic OH excluding ortho intramolecular Hbond substituents is 1. The molecule has 2 nitrogen and oxygen atoms in total. The molecule has 0 bridgehead atoms. The van der Waals surface area contributed by atoms with Crippen LogP contribution < -0.4 is 0 Å². The number of nitrogens with zero attached hydrogens (tertiary/aromatic N) is 1. The van der Waals surface area contributed by atoms with Crippen LogP contribution in [-0.2, 0) is 12.8 Å². The normalized spacial score (nSPS) is 20.3. The van der Waals surface area contributed by atoms with Crippen molar-refractivity contribution < 1.29 is 5.11 Å². The number of aromatic hydroxyl groups is 1. The zero-order valence-corrected chi connectivity index (χ0v) is 9.53. The topological polar surface area (TPSA) is 23.5 Å². The van der Waals surface area contributed by atoms with Gasteiger partial charge in [-0.2, -0.15) is 0 Å². The molecule has 0 saturated heterocycles. The molecule has 0 unspecified atom stereocenters. The number of hydrogen-bond acceptors (Lipinski definition) is 2. The fourth-order valence-corrected chi connectivity index (χ4v) is 2.40. The molecule has 1 aliphatic rings. The summed E-state index contributed by atoms with van der Waals surface area (Å²) >= 11 is 0. The first-order valence-electron chi connectivity index (χ1n) is 5.72. The van der Waals surface area contributed by atoms with Crippen molar-refractivity contribution in [2.45, 2.75) is 32.2 Å². The minimum absolute atomic E-state index is 0.477. The van der Waals surface area contributed by atoms with Gasteiger partial charge in [0.15, 0.2) is 0 Å². The second kappa shape index (κ2) is 4.23. The summed E-state index contributed by atoms with van der Waals surface area (Å²) in [7, 11) is 2.18. The molecule has 1 aromatic rings. The first kappa shape index (κ1) is 10.5. The Labute approximate surface area is 91.5 Å². The van der Waals surface area contributed by atoms with Gasteiger partial charge < -0.3 is 10.0 Å². The molecule has 0 fully saturated rings. The predicted molar refractivity (Wildman–Crippen MR) is 62.2 cm³/mol. The van der Waals surface area contributed by atoms with Gasteiger partial charge in [-0.25, -0.2) is 0 Å². The van der Waals surface area contributed by atoms with E-state index in [2.05, 4.69) is 24.9 Å². The Morgan fingerprint density at radius 1 is 1.47 bits per heavy atom. The average Bonchev–Trinajstić information content (AvgIpc) is 2.28. The zero-order chi connectivity index (χ0) is 10.8. The van der Waals surface area contributed by atoms with Crippen molar-refractivity contribution >= 4 is 0 Å². The lowest BCUT2D eigenvalue weighted by atomic mass is 9.87. The van der Waals surface area contributed by atoms with E-state index in [-0.39, 0.29) is 0 Å². The lowest BCUT2D eigenvalue weighted by Gasteiger charge is -2.31. The molecule has 0 saturated carbocycles. The van der Waals surface area contributed by atoms with Crippen LogP contribution in [0.1, 0.15) is 24.5 Å². The van der Waals surface area contributed by atoms with Crippen molar-refractivity contribution in [1.82, 2.24) is 4.90 Å². The molecule has 1 aromatic carbocycles. The predicted octanol–water partition coefficient (Wildman–Crippen LogP) is 2.20. The maximum Gasteiger partial charge on any atom is 0.119 e. The smallest absolute Gasteiger partial charge is 0.119 e.